The summed E-state index contributed by atoms with van der Waals surface area (Å²) in [6, 6.07) is 18.6. The van der Waals surface area contributed by atoms with Gasteiger partial charge in [-0.1, -0.05) is 56.7 Å². The lowest BCUT2D eigenvalue weighted by molar-refractivity contribution is 0.161. The summed E-state index contributed by atoms with van der Waals surface area (Å²) in [6.07, 6.45) is 6.40. The van der Waals surface area contributed by atoms with Gasteiger partial charge in [0.25, 0.3) is 0 Å². The van der Waals surface area contributed by atoms with E-state index < -0.39 is 0 Å². The topological polar surface area (TPSA) is 54.4 Å². The first-order valence-corrected chi connectivity index (χ1v) is 10.7. The molecule has 2 aromatic carbocycles. The highest BCUT2D eigenvalue weighted by Gasteiger charge is 2.10. The molecule has 3 rings (SSSR count). The van der Waals surface area contributed by atoms with Crippen LogP contribution in [0, 0.1) is 6.92 Å². The molecule has 0 aliphatic rings. The standard InChI is InChI=1S/C17H21NO.C9H13NO/c1-4-5-8-14-9-10-15(19-3)12-16(14)17-13(2)7-6-11-18-17;1-2-8-3-5-9(6-4-8)7-10-11/h6-7,9-12H,4-5,8H2,1-3H3;3-6,10-11H,2,7H2,1H3. The van der Waals surface area contributed by atoms with Gasteiger partial charge in [0, 0.05) is 18.3 Å². The van der Waals surface area contributed by atoms with Crippen molar-refractivity contribution in [2.45, 2.75) is 53.0 Å². The minimum atomic E-state index is 0.518. The summed E-state index contributed by atoms with van der Waals surface area (Å²) in [5.74, 6) is 0.889. The second kappa shape index (κ2) is 12.8. The van der Waals surface area contributed by atoms with Gasteiger partial charge in [-0.25, -0.2) is 5.48 Å². The van der Waals surface area contributed by atoms with E-state index >= 15 is 0 Å². The van der Waals surface area contributed by atoms with Crippen molar-refractivity contribution in [2.24, 2.45) is 0 Å². The Kier molecular flexibility index (Phi) is 10.1. The van der Waals surface area contributed by atoms with Gasteiger partial charge < -0.3 is 9.94 Å². The van der Waals surface area contributed by atoms with Crippen LogP contribution in [0.15, 0.2) is 60.8 Å². The largest absolute Gasteiger partial charge is 0.497 e. The van der Waals surface area contributed by atoms with Crippen molar-refractivity contribution in [3.63, 3.8) is 0 Å². The van der Waals surface area contributed by atoms with Crippen LogP contribution in [-0.2, 0) is 19.4 Å². The molecule has 0 saturated heterocycles. The number of unbranched alkanes of at least 4 members (excludes halogenated alkanes) is 1. The summed E-state index contributed by atoms with van der Waals surface area (Å²) in [6.45, 7) is 6.96. The van der Waals surface area contributed by atoms with Crippen LogP contribution >= 0.6 is 0 Å². The third-order valence-electron chi connectivity index (χ3n) is 5.10. The maximum Gasteiger partial charge on any atom is 0.119 e. The van der Waals surface area contributed by atoms with Crippen molar-refractivity contribution in [2.75, 3.05) is 7.11 Å². The van der Waals surface area contributed by atoms with Crippen LogP contribution in [0.5, 0.6) is 5.75 Å². The monoisotopic (exact) mass is 406 g/mol. The SMILES string of the molecule is CCCCc1ccc(OC)cc1-c1ncccc1C.CCc1ccc(CNO)cc1. The first kappa shape index (κ1) is 23.6. The van der Waals surface area contributed by atoms with E-state index in [0.717, 1.165) is 29.8 Å². The molecule has 0 atom stereocenters. The lowest BCUT2D eigenvalue weighted by atomic mass is 9.97. The first-order valence-electron chi connectivity index (χ1n) is 10.7. The van der Waals surface area contributed by atoms with Crippen molar-refractivity contribution in [3.05, 3.63) is 83.0 Å². The number of aryl methyl sites for hydroxylation is 3. The highest BCUT2D eigenvalue weighted by molar-refractivity contribution is 5.68. The Hall–Kier alpha value is -2.69. The van der Waals surface area contributed by atoms with Crippen LogP contribution in [0.2, 0.25) is 0 Å². The van der Waals surface area contributed by atoms with Crippen LogP contribution in [-0.4, -0.2) is 17.3 Å². The van der Waals surface area contributed by atoms with Gasteiger partial charge in [-0.15, -0.1) is 0 Å². The molecule has 0 aliphatic carbocycles. The van der Waals surface area contributed by atoms with Gasteiger partial charge >= 0.3 is 0 Å². The number of benzene rings is 2. The average Bonchev–Trinajstić information content (AvgIpc) is 2.79. The van der Waals surface area contributed by atoms with Gasteiger partial charge in [-0.05, 0) is 66.6 Å². The second-order valence-corrected chi connectivity index (χ2v) is 7.30. The number of nitrogens with zero attached hydrogens (tertiary/aromatic N) is 1. The number of aromatic nitrogens is 1. The van der Waals surface area contributed by atoms with Gasteiger partial charge in [0.1, 0.15) is 5.75 Å². The number of nitrogens with one attached hydrogen (secondary N) is 1. The molecule has 0 saturated carbocycles. The Morgan fingerprint density at radius 1 is 1.00 bits per heavy atom. The highest BCUT2D eigenvalue weighted by Crippen LogP contribution is 2.29. The van der Waals surface area contributed by atoms with E-state index in [2.05, 4.69) is 61.6 Å². The Labute approximate surface area is 180 Å². The van der Waals surface area contributed by atoms with Crippen LogP contribution in [0.3, 0.4) is 0 Å². The molecular formula is C26H34N2O2. The fraction of sp³-hybridized carbons (Fsp3) is 0.346. The Balaban J connectivity index is 0.000000248. The molecule has 1 aromatic heterocycles. The third-order valence-corrected chi connectivity index (χ3v) is 5.10. The lowest BCUT2D eigenvalue weighted by Crippen LogP contribution is -2.05. The van der Waals surface area contributed by atoms with E-state index in [4.69, 9.17) is 9.94 Å². The molecule has 4 nitrogen and oxygen atoms in total. The zero-order chi connectivity index (χ0) is 21.8. The summed E-state index contributed by atoms with van der Waals surface area (Å²) in [7, 11) is 1.70. The van der Waals surface area contributed by atoms with Gasteiger partial charge in [0.05, 0.1) is 12.8 Å². The number of pyridine rings is 1. The van der Waals surface area contributed by atoms with Crippen LogP contribution < -0.4 is 10.2 Å². The molecule has 0 amide bonds. The summed E-state index contributed by atoms with van der Waals surface area (Å²) >= 11 is 0. The molecule has 0 spiro atoms. The molecule has 30 heavy (non-hydrogen) atoms. The molecule has 1 heterocycles. The second-order valence-electron chi connectivity index (χ2n) is 7.30. The number of methoxy groups -OCH3 is 1. The number of hydroxylamine groups is 1. The Bertz CT molecular complexity index is 892. The first-order chi connectivity index (χ1) is 14.6. The zero-order valence-electron chi connectivity index (χ0n) is 18.6. The molecule has 0 unspecified atom stereocenters. The predicted molar refractivity (Wildman–Crippen MR) is 124 cm³/mol. The molecule has 4 heteroatoms. The smallest absolute Gasteiger partial charge is 0.119 e. The third kappa shape index (κ3) is 6.97. The van der Waals surface area contributed by atoms with E-state index in [1.165, 1.54) is 35.1 Å². The summed E-state index contributed by atoms with van der Waals surface area (Å²) in [5, 5.41) is 8.40. The quantitative estimate of drug-likeness (QED) is 0.441. The van der Waals surface area contributed by atoms with E-state index in [-0.39, 0.29) is 0 Å². The zero-order valence-corrected chi connectivity index (χ0v) is 18.6. The van der Waals surface area contributed by atoms with Crippen molar-refractivity contribution in [1.29, 1.82) is 0 Å². The van der Waals surface area contributed by atoms with Crippen LogP contribution in [0.4, 0.5) is 0 Å². The molecule has 0 bridgehead atoms. The van der Waals surface area contributed by atoms with Crippen LogP contribution in [0.25, 0.3) is 11.3 Å². The molecule has 3 aromatic rings. The number of hydrogen-bond acceptors (Lipinski definition) is 4. The fourth-order valence-corrected chi connectivity index (χ4v) is 3.24. The van der Waals surface area contributed by atoms with Gasteiger partial charge in [0.2, 0.25) is 0 Å². The van der Waals surface area contributed by atoms with Crippen LogP contribution in [0.1, 0.15) is 48.9 Å². The van der Waals surface area contributed by atoms with Crippen molar-refractivity contribution in [1.82, 2.24) is 10.5 Å². The number of ether oxygens (including phenoxy) is 1. The van der Waals surface area contributed by atoms with E-state index in [0.29, 0.717) is 6.54 Å². The maximum absolute atomic E-state index is 8.40. The number of rotatable bonds is 8. The van der Waals surface area contributed by atoms with Crippen molar-refractivity contribution >= 4 is 0 Å². The maximum atomic E-state index is 8.40. The highest BCUT2D eigenvalue weighted by atomic mass is 16.5. The Morgan fingerprint density at radius 3 is 2.33 bits per heavy atom. The predicted octanol–water partition coefficient (Wildman–Crippen LogP) is 6.14. The minimum absolute atomic E-state index is 0.518. The van der Waals surface area contributed by atoms with Gasteiger partial charge in [-0.2, -0.15) is 0 Å². The van der Waals surface area contributed by atoms with E-state index in [1.54, 1.807) is 7.11 Å². The molecule has 0 aliphatic heterocycles. The Morgan fingerprint density at radius 2 is 1.73 bits per heavy atom. The molecule has 0 radical (unpaired) electrons. The van der Waals surface area contributed by atoms with Crippen molar-refractivity contribution in [3.8, 4) is 17.0 Å². The normalized spacial score (nSPS) is 10.3. The molecular weight excluding hydrogens is 372 g/mol. The average molecular weight is 407 g/mol. The van der Waals surface area contributed by atoms with Gasteiger partial charge in [0.15, 0.2) is 0 Å². The summed E-state index contributed by atoms with van der Waals surface area (Å²) in [5.41, 5.74) is 9.36. The molecule has 160 valence electrons. The van der Waals surface area contributed by atoms with Gasteiger partial charge in [-0.3, -0.25) is 4.98 Å². The van der Waals surface area contributed by atoms with E-state index in [1.807, 2.05) is 30.5 Å². The lowest BCUT2D eigenvalue weighted by Gasteiger charge is -2.12. The van der Waals surface area contributed by atoms with E-state index in [9.17, 15) is 0 Å². The fourth-order valence-electron chi connectivity index (χ4n) is 3.24. The number of hydrogen-bond donors (Lipinski definition) is 2. The summed E-state index contributed by atoms with van der Waals surface area (Å²) < 4.78 is 5.35. The molecule has 0 fully saturated rings. The summed E-state index contributed by atoms with van der Waals surface area (Å²) in [4.78, 5) is 4.54. The molecule has 2 N–H and O–H groups in total. The minimum Gasteiger partial charge on any atom is -0.497 e. The van der Waals surface area contributed by atoms with Crippen molar-refractivity contribution < 1.29 is 9.94 Å².